The molecule has 3 aromatic rings. The van der Waals surface area contributed by atoms with Crippen LogP contribution in [0.3, 0.4) is 0 Å². The summed E-state index contributed by atoms with van der Waals surface area (Å²) in [7, 11) is 0. The number of nitrogens with one attached hydrogen (secondary N) is 1. The lowest BCUT2D eigenvalue weighted by atomic mass is 10.0. The summed E-state index contributed by atoms with van der Waals surface area (Å²) in [5, 5.41) is 10.4. The Labute approximate surface area is 115 Å². The second kappa shape index (κ2) is 4.81. The molecule has 0 saturated carbocycles. The smallest absolute Gasteiger partial charge is 0.258 e. The zero-order chi connectivity index (χ0) is 14.1. The average molecular weight is 266 g/mol. The third-order valence-electron chi connectivity index (χ3n) is 3.27. The second-order valence-electron chi connectivity index (χ2n) is 4.91. The van der Waals surface area contributed by atoms with Gasteiger partial charge in [-0.25, -0.2) is 4.98 Å². The average Bonchev–Trinajstić information content (AvgIpc) is 2.40. The van der Waals surface area contributed by atoms with Crippen molar-refractivity contribution in [2.45, 2.75) is 13.3 Å². The van der Waals surface area contributed by atoms with Gasteiger partial charge in [-0.3, -0.25) is 4.79 Å². The van der Waals surface area contributed by atoms with Crippen LogP contribution in [0.4, 0.5) is 0 Å². The number of phenols is 1. The fraction of sp³-hybridized carbons (Fsp3) is 0.125. The molecule has 4 heteroatoms. The number of hydrogen-bond donors (Lipinski definition) is 2. The molecule has 0 radical (unpaired) electrons. The molecule has 100 valence electrons. The molecule has 2 N–H and O–H groups in total. The molecule has 0 spiro atoms. The molecule has 0 saturated heterocycles. The zero-order valence-corrected chi connectivity index (χ0v) is 11.1. The normalized spacial score (nSPS) is 10.8. The molecule has 0 atom stereocenters. The molecule has 0 bridgehead atoms. The minimum absolute atomic E-state index is 0.0382. The van der Waals surface area contributed by atoms with Gasteiger partial charge in [-0.1, -0.05) is 29.8 Å². The third-order valence-corrected chi connectivity index (χ3v) is 3.27. The van der Waals surface area contributed by atoms with Crippen LogP contribution in [-0.4, -0.2) is 15.1 Å². The van der Waals surface area contributed by atoms with Gasteiger partial charge in [0, 0.05) is 0 Å². The van der Waals surface area contributed by atoms with Crippen LogP contribution in [0.15, 0.2) is 47.5 Å². The van der Waals surface area contributed by atoms with Gasteiger partial charge in [0.25, 0.3) is 5.56 Å². The number of aromatic hydroxyl groups is 1. The predicted molar refractivity (Wildman–Crippen MR) is 78.0 cm³/mol. The molecule has 20 heavy (non-hydrogen) atoms. The molecule has 1 aromatic heterocycles. The Morgan fingerprint density at radius 2 is 2.05 bits per heavy atom. The minimum Gasteiger partial charge on any atom is -0.506 e. The van der Waals surface area contributed by atoms with Crippen LogP contribution < -0.4 is 5.56 Å². The Bertz CT molecular complexity index is 837. The molecule has 0 unspecified atom stereocenters. The molecule has 4 nitrogen and oxygen atoms in total. The molecule has 0 aliphatic carbocycles. The molecule has 0 fully saturated rings. The Balaban J connectivity index is 2.09. The molecular weight excluding hydrogens is 252 g/mol. The van der Waals surface area contributed by atoms with Gasteiger partial charge in [-0.2, -0.15) is 0 Å². The molecule has 2 aromatic carbocycles. The summed E-state index contributed by atoms with van der Waals surface area (Å²) in [6.45, 7) is 2.04. The van der Waals surface area contributed by atoms with E-state index in [1.54, 1.807) is 12.1 Å². The number of nitrogens with zero attached hydrogens (tertiary/aromatic N) is 1. The number of hydrogen-bond acceptors (Lipinski definition) is 3. The third kappa shape index (κ3) is 2.28. The van der Waals surface area contributed by atoms with E-state index in [0.29, 0.717) is 17.3 Å². The maximum atomic E-state index is 11.8. The van der Waals surface area contributed by atoms with Crippen molar-refractivity contribution in [3.05, 3.63) is 69.8 Å². The summed E-state index contributed by atoms with van der Waals surface area (Å²) in [6.07, 6.45) is 1.96. The van der Waals surface area contributed by atoms with Crippen LogP contribution in [0.25, 0.3) is 10.9 Å². The first-order valence-corrected chi connectivity index (χ1v) is 6.38. The highest BCUT2D eigenvalue weighted by molar-refractivity contribution is 5.84. The van der Waals surface area contributed by atoms with E-state index in [4.69, 9.17) is 0 Å². The largest absolute Gasteiger partial charge is 0.506 e. The molecule has 0 amide bonds. The number of benzene rings is 2. The van der Waals surface area contributed by atoms with Crippen molar-refractivity contribution < 1.29 is 5.11 Å². The Kier molecular flexibility index (Phi) is 2.99. The summed E-state index contributed by atoms with van der Waals surface area (Å²) in [5.74, 6) is 0.0382. The standard InChI is InChI=1S/C16H14N2O2/c1-10-3-2-4-11(5-10)6-12-7-13-15(14(19)8-12)17-9-18-16(13)20/h2-5,7-9,19H,6H2,1H3,(H,17,18,20). The SMILES string of the molecule is Cc1cccc(Cc2cc(O)c3nc[nH]c(=O)c3c2)c1. The molecule has 0 aliphatic rings. The van der Waals surface area contributed by atoms with E-state index in [-0.39, 0.29) is 11.3 Å². The van der Waals surface area contributed by atoms with Crippen molar-refractivity contribution in [3.8, 4) is 5.75 Å². The van der Waals surface area contributed by atoms with E-state index in [1.165, 1.54) is 11.9 Å². The van der Waals surface area contributed by atoms with Gasteiger partial charge >= 0.3 is 0 Å². The fourth-order valence-corrected chi connectivity index (χ4v) is 2.38. The first-order chi connectivity index (χ1) is 9.63. The zero-order valence-electron chi connectivity index (χ0n) is 11.1. The van der Waals surface area contributed by atoms with E-state index in [0.717, 1.165) is 11.1 Å². The van der Waals surface area contributed by atoms with E-state index >= 15 is 0 Å². The van der Waals surface area contributed by atoms with Gasteiger partial charge in [0.15, 0.2) is 0 Å². The number of rotatable bonds is 2. The lowest BCUT2D eigenvalue weighted by Crippen LogP contribution is -2.06. The van der Waals surface area contributed by atoms with Crippen LogP contribution in [0.2, 0.25) is 0 Å². The monoisotopic (exact) mass is 266 g/mol. The number of aromatic nitrogens is 2. The Morgan fingerprint density at radius 1 is 1.20 bits per heavy atom. The lowest BCUT2D eigenvalue weighted by molar-refractivity contribution is 0.479. The topological polar surface area (TPSA) is 66.0 Å². The number of fused-ring (bicyclic) bond motifs is 1. The van der Waals surface area contributed by atoms with Crippen LogP contribution in [-0.2, 0) is 6.42 Å². The summed E-state index contributed by atoms with van der Waals surface area (Å²) < 4.78 is 0. The molecule has 0 aliphatic heterocycles. The maximum Gasteiger partial charge on any atom is 0.258 e. The van der Waals surface area contributed by atoms with Crippen molar-refractivity contribution in [2.24, 2.45) is 0 Å². The highest BCUT2D eigenvalue weighted by atomic mass is 16.3. The van der Waals surface area contributed by atoms with Gasteiger partial charge in [0.2, 0.25) is 0 Å². The van der Waals surface area contributed by atoms with Crippen LogP contribution in [0.5, 0.6) is 5.75 Å². The quantitative estimate of drug-likeness (QED) is 0.749. The summed E-state index contributed by atoms with van der Waals surface area (Å²) in [5.41, 5.74) is 3.31. The number of H-pyrrole nitrogens is 1. The maximum absolute atomic E-state index is 11.8. The summed E-state index contributed by atoms with van der Waals surface area (Å²) in [4.78, 5) is 18.3. The van der Waals surface area contributed by atoms with Crippen molar-refractivity contribution >= 4 is 10.9 Å². The molecular formula is C16H14N2O2. The number of phenolic OH excluding ortho intramolecular Hbond substituents is 1. The van der Waals surface area contributed by atoms with Gasteiger partial charge in [-0.05, 0) is 36.6 Å². The van der Waals surface area contributed by atoms with Crippen molar-refractivity contribution in [1.82, 2.24) is 9.97 Å². The van der Waals surface area contributed by atoms with Gasteiger partial charge in [0.05, 0.1) is 11.7 Å². The minimum atomic E-state index is -0.239. The highest BCUT2D eigenvalue weighted by Gasteiger charge is 2.08. The van der Waals surface area contributed by atoms with Crippen LogP contribution in [0, 0.1) is 6.92 Å². The number of aryl methyl sites for hydroxylation is 1. The van der Waals surface area contributed by atoms with Gasteiger partial charge in [0.1, 0.15) is 11.3 Å². The highest BCUT2D eigenvalue weighted by Crippen LogP contribution is 2.23. The summed E-state index contributed by atoms with van der Waals surface area (Å²) >= 11 is 0. The first kappa shape index (κ1) is 12.4. The van der Waals surface area contributed by atoms with Gasteiger partial charge in [-0.15, -0.1) is 0 Å². The van der Waals surface area contributed by atoms with Crippen molar-refractivity contribution in [3.63, 3.8) is 0 Å². The van der Waals surface area contributed by atoms with Crippen molar-refractivity contribution in [2.75, 3.05) is 0 Å². The van der Waals surface area contributed by atoms with Gasteiger partial charge < -0.3 is 10.1 Å². The van der Waals surface area contributed by atoms with E-state index in [9.17, 15) is 9.90 Å². The predicted octanol–water partition coefficient (Wildman–Crippen LogP) is 2.53. The number of aromatic amines is 1. The molecule has 3 rings (SSSR count). The first-order valence-electron chi connectivity index (χ1n) is 6.38. The second-order valence-corrected chi connectivity index (χ2v) is 4.91. The van der Waals surface area contributed by atoms with Crippen molar-refractivity contribution in [1.29, 1.82) is 0 Å². The van der Waals surface area contributed by atoms with Crippen LogP contribution >= 0.6 is 0 Å². The Hall–Kier alpha value is -2.62. The van der Waals surface area contributed by atoms with E-state index < -0.39 is 0 Å². The lowest BCUT2D eigenvalue weighted by Gasteiger charge is -2.06. The van der Waals surface area contributed by atoms with E-state index in [1.807, 2.05) is 25.1 Å². The molecule has 1 heterocycles. The van der Waals surface area contributed by atoms with E-state index in [2.05, 4.69) is 16.0 Å². The Morgan fingerprint density at radius 3 is 2.85 bits per heavy atom. The fourth-order valence-electron chi connectivity index (χ4n) is 2.38. The van der Waals surface area contributed by atoms with Crippen LogP contribution in [0.1, 0.15) is 16.7 Å². The summed E-state index contributed by atoms with van der Waals surface area (Å²) in [6, 6.07) is 11.6.